The van der Waals surface area contributed by atoms with Gasteiger partial charge in [-0.3, -0.25) is 0 Å². The number of nitrogens with one attached hydrogen (secondary N) is 1. The number of aromatic amines is 1. The van der Waals surface area contributed by atoms with Crippen LogP contribution in [0.3, 0.4) is 0 Å². The standard InChI is InChI=1S/C19H15N3O3.C2H6/c1-10-7-15(24-2)16(12-5-6-21-17(10)12)18(23)19-22-13-8-11(9-20)3-4-14(13)25-19;1-2/h3-8,18,21,23H,1-2H3;1-2H3. The van der Waals surface area contributed by atoms with Gasteiger partial charge in [-0.25, -0.2) is 4.98 Å². The summed E-state index contributed by atoms with van der Waals surface area (Å²) < 4.78 is 11.2. The predicted molar refractivity (Wildman–Crippen MR) is 104 cm³/mol. The Morgan fingerprint density at radius 3 is 2.74 bits per heavy atom. The lowest BCUT2D eigenvalue weighted by Crippen LogP contribution is -2.04. The van der Waals surface area contributed by atoms with Crippen LogP contribution in [0.5, 0.6) is 5.75 Å². The third-order valence-electron chi connectivity index (χ3n) is 4.31. The second-order valence-corrected chi connectivity index (χ2v) is 5.82. The maximum Gasteiger partial charge on any atom is 0.229 e. The van der Waals surface area contributed by atoms with Crippen LogP contribution in [0, 0.1) is 18.3 Å². The molecule has 2 N–H and O–H groups in total. The highest BCUT2D eigenvalue weighted by Crippen LogP contribution is 2.38. The number of fused-ring (bicyclic) bond motifs is 2. The summed E-state index contributed by atoms with van der Waals surface area (Å²) in [5.74, 6) is 0.729. The lowest BCUT2D eigenvalue weighted by atomic mass is 10.0. The summed E-state index contributed by atoms with van der Waals surface area (Å²) in [5, 5.41) is 20.8. The Morgan fingerprint density at radius 1 is 1.26 bits per heavy atom. The fourth-order valence-corrected chi connectivity index (χ4v) is 3.11. The molecule has 138 valence electrons. The molecule has 1 atom stereocenters. The molecule has 0 saturated heterocycles. The van der Waals surface area contributed by atoms with E-state index in [0.717, 1.165) is 16.5 Å². The number of aromatic nitrogens is 2. The molecular formula is C21H21N3O3. The highest BCUT2D eigenvalue weighted by Gasteiger charge is 2.25. The van der Waals surface area contributed by atoms with E-state index >= 15 is 0 Å². The second kappa shape index (κ2) is 7.52. The van der Waals surface area contributed by atoms with Gasteiger partial charge in [0, 0.05) is 22.7 Å². The third kappa shape index (κ3) is 3.14. The zero-order chi connectivity index (χ0) is 19.6. The molecule has 0 aliphatic rings. The summed E-state index contributed by atoms with van der Waals surface area (Å²) in [7, 11) is 1.56. The van der Waals surface area contributed by atoms with Crippen molar-refractivity contribution in [2.45, 2.75) is 26.9 Å². The fraction of sp³-hybridized carbons (Fsp3) is 0.238. The number of H-pyrrole nitrogens is 1. The van der Waals surface area contributed by atoms with E-state index < -0.39 is 6.10 Å². The van der Waals surface area contributed by atoms with Gasteiger partial charge in [-0.2, -0.15) is 5.26 Å². The number of ether oxygens (including phenoxy) is 1. The molecule has 1 unspecified atom stereocenters. The van der Waals surface area contributed by atoms with Crippen molar-refractivity contribution in [1.29, 1.82) is 5.26 Å². The predicted octanol–water partition coefficient (Wildman–Crippen LogP) is 4.61. The first-order chi connectivity index (χ1) is 13.1. The molecule has 0 saturated carbocycles. The summed E-state index contributed by atoms with van der Waals surface area (Å²) in [6.45, 7) is 5.97. The van der Waals surface area contributed by atoms with Crippen molar-refractivity contribution in [3.8, 4) is 11.8 Å². The van der Waals surface area contributed by atoms with Crippen LogP contribution < -0.4 is 4.74 Å². The number of aliphatic hydroxyl groups excluding tert-OH is 1. The summed E-state index contributed by atoms with van der Waals surface area (Å²) in [5.41, 5.74) is 4.08. The Bertz CT molecular complexity index is 1130. The molecule has 4 rings (SSSR count). The van der Waals surface area contributed by atoms with Gasteiger partial charge in [0.15, 0.2) is 11.7 Å². The smallest absolute Gasteiger partial charge is 0.229 e. The number of aryl methyl sites for hydroxylation is 1. The first kappa shape index (κ1) is 18.5. The number of nitriles is 1. The van der Waals surface area contributed by atoms with Crippen molar-refractivity contribution in [3.63, 3.8) is 0 Å². The molecule has 2 aromatic carbocycles. The molecule has 0 fully saturated rings. The van der Waals surface area contributed by atoms with E-state index in [2.05, 4.69) is 16.0 Å². The van der Waals surface area contributed by atoms with Gasteiger partial charge < -0.3 is 19.2 Å². The van der Waals surface area contributed by atoms with Crippen LogP contribution in [-0.2, 0) is 0 Å². The Morgan fingerprint density at radius 2 is 2.04 bits per heavy atom. The molecule has 0 aliphatic heterocycles. The maximum absolute atomic E-state index is 10.9. The van der Waals surface area contributed by atoms with Crippen LogP contribution in [0.2, 0.25) is 0 Å². The first-order valence-electron chi connectivity index (χ1n) is 8.75. The van der Waals surface area contributed by atoms with E-state index in [1.807, 2.05) is 39.1 Å². The van der Waals surface area contributed by atoms with Crippen molar-refractivity contribution >= 4 is 22.0 Å². The molecule has 0 bridgehead atoms. The van der Waals surface area contributed by atoms with Crippen LogP contribution in [0.25, 0.3) is 22.0 Å². The Balaban J connectivity index is 0.00000102. The molecular weight excluding hydrogens is 342 g/mol. The second-order valence-electron chi connectivity index (χ2n) is 5.82. The number of benzene rings is 2. The Kier molecular flexibility index (Phi) is 5.15. The normalized spacial score (nSPS) is 11.7. The van der Waals surface area contributed by atoms with E-state index in [-0.39, 0.29) is 5.89 Å². The molecule has 27 heavy (non-hydrogen) atoms. The number of oxazole rings is 1. The molecule has 0 spiro atoms. The molecule has 2 heterocycles. The zero-order valence-corrected chi connectivity index (χ0v) is 15.7. The van der Waals surface area contributed by atoms with Gasteiger partial charge in [-0.15, -0.1) is 0 Å². The fourth-order valence-electron chi connectivity index (χ4n) is 3.11. The molecule has 0 radical (unpaired) electrons. The Labute approximate surface area is 157 Å². The van der Waals surface area contributed by atoms with Crippen LogP contribution in [0.15, 0.2) is 40.9 Å². The summed E-state index contributed by atoms with van der Waals surface area (Å²) in [6, 6.07) is 10.8. The monoisotopic (exact) mass is 363 g/mol. The van der Waals surface area contributed by atoms with Crippen molar-refractivity contribution in [2.24, 2.45) is 0 Å². The van der Waals surface area contributed by atoms with Crippen molar-refractivity contribution in [1.82, 2.24) is 9.97 Å². The lowest BCUT2D eigenvalue weighted by molar-refractivity contribution is 0.183. The summed E-state index contributed by atoms with van der Waals surface area (Å²) >= 11 is 0. The van der Waals surface area contributed by atoms with Crippen LogP contribution >= 0.6 is 0 Å². The zero-order valence-electron chi connectivity index (χ0n) is 15.7. The van der Waals surface area contributed by atoms with Crippen LogP contribution in [0.1, 0.15) is 42.5 Å². The van der Waals surface area contributed by atoms with E-state index in [9.17, 15) is 5.11 Å². The highest BCUT2D eigenvalue weighted by molar-refractivity contribution is 5.89. The lowest BCUT2D eigenvalue weighted by Gasteiger charge is -2.15. The van der Waals surface area contributed by atoms with E-state index in [1.54, 1.807) is 25.3 Å². The summed E-state index contributed by atoms with van der Waals surface area (Å²) in [4.78, 5) is 7.53. The largest absolute Gasteiger partial charge is 0.496 e. The molecule has 6 heteroatoms. The minimum absolute atomic E-state index is 0.162. The van der Waals surface area contributed by atoms with E-state index in [1.165, 1.54) is 0 Å². The summed E-state index contributed by atoms with van der Waals surface area (Å²) in [6.07, 6.45) is 0.727. The first-order valence-corrected chi connectivity index (χ1v) is 8.75. The Hall–Kier alpha value is -3.30. The number of hydrogen-bond donors (Lipinski definition) is 2. The molecule has 0 aliphatic carbocycles. The minimum Gasteiger partial charge on any atom is -0.496 e. The van der Waals surface area contributed by atoms with E-state index in [0.29, 0.717) is 28.0 Å². The van der Waals surface area contributed by atoms with Crippen molar-refractivity contribution in [2.75, 3.05) is 7.11 Å². The van der Waals surface area contributed by atoms with Crippen LogP contribution in [0.4, 0.5) is 0 Å². The van der Waals surface area contributed by atoms with Gasteiger partial charge in [0.25, 0.3) is 0 Å². The number of aliphatic hydroxyl groups is 1. The quantitative estimate of drug-likeness (QED) is 0.554. The third-order valence-corrected chi connectivity index (χ3v) is 4.31. The van der Waals surface area contributed by atoms with Gasteiger partial charge in [0.1, 0.15) is 11.3 Å². The average Bonchev–Trinajstić information content (AvgIpc) is 3.35. The van der Waals surface area contributed by atoms with Gasteiger partial charge in [-0.05, 0) is 42.8 Å². The maximum atomic E-state index is 10.9. The molecule has 6 nitrogen and oxygen atoms in total. The van der Waals surface area contributed by atoms with Gasteiger partial charge >= 0.3 is 0 Å². The molecule has 0 amide bonds. The number of hydrogen-bond acceptors (Lipinski definition) is 5. The van der Waals surface area contributed by atoms with Crippen molar-refractivity contribution < 1.29 is 14.3 Å². The highest BCUT2D eigenvalue weighted by atomic mass is 16.5. The van der Waals surface area contributed by atoms with Crippen LogP contribution in [-0.4, -0.2) is 22.2 Å². The van der Waals surface area contributed by atoms with Gasteiger partial charge in [0.2, 0.25) is 5.89 Å². The SMILES string of the molecule is CC.COc1cc(C)c2[nH]ccc2c1C(O)c1nc2cc(C#N)ccc2o1. The van der Waals surface area contributed by atoms with Crippen molar-refractivity contribution in [3.05, 3.63) is 59.1 Å². The molecule has 2 aromatic heterocycles. The number of nitrogens with zero attached hydrogens (tertiary/aromatic N) is 2. The van der Waals surface area contributed by atoms with E-state index in [4.69, 9.17) is 14.4 Å². The topological polar surface area (TPSA) is 95.1 Å². The number of methoxy groups -OCH3 is 1. The van der Waals surface area contributed by atoms with Gasteiger partial charge in [0.05, 0.1) is 18.7 Å². The molecule has 4 aromatic rings. The minimum atomic E-state index is -1.09. The number of rotatable bonds is 3. The van der Waals surface area contributed by atoms with Gasteiger partial charge in [-0.1, -0.05) is 13.8 Å². The average molecular weight is 363 g/mol.